The van der Waals surface area contributed by atoms with Crippen molar-refractivity contribution in [3.63, 3.8) is 0 Å². The second-order valence-corrected chi connectivity index (χ2v) is 8.83. The Kier molecular flexibility index (Phi) is 6.28. The normalized spacial score (nSPS) is 20.2. The summed E-state index contributed by atoms with van der Waals surface area (Å²) < 4.78 is 27.2. The molecule has 2 fully saturated rings. The van der Waals surface area contributed by atoms with Crippen molar-refractivity contribution in [2.24, 2.45) is 0 Å². The highest BCUT2D eigenvalue weighted by Gasteiger charge is 2.44. The van der Waals surface area contributed by atoms with Crippen LogP contribution in [0.5, 0.6) is 0 Å². The Morgan fingerprint density at radius 3 is 2.65 bits per heavy atom. The summed E-state index contributed by atoms with van der Waals surface area (Å²) in [6.07, 6.45) is 5.25. The third-order valence-corrected chi connectivity index (χ3v) is 6.84. The molecule has 0 N–H and O–H groups in total. The fourth-order valence-electron chi connectivity index (χ4n) is 5.08. The zero-order valence-corrected chi connectivity index (χ0v) is 18.3. The highest BCUT2D eigenvalue weighted by atomic mass is 19.1. The second-order valence-electron chi connectivity index (χ2n) is 8.83. The van der Waals surface area contributed by atoms with E-state index in [2.05, 4.69) is 4.57 Å². The summed E-state index contributed by atoms with van der Waals surface area (Å²) in [6, 6.07) is 8.03. The molecule has 166 valence electrons. The van der Waals surface area contributed by atoms with E-state index in [1.54, 1.807) is 12.1 Å². The van der Waals surface area contributed by atoms with Crippen molar-refractivity contribution in [2.45, 2.75) is 70.4 Å². The van der Waals surface area contributed by atoms with Crippen LogP contribution in [0, 0.1) is 19.7 Å². The maximum absolute atomic E-state index is 13.8. The van der Waals surface area contributed by atoms with Gasteiger partial charge in [-0.2, -0.15) is 0 Å². The lowest BCUT2D eigenvalue weighted by molar-refractivity contribution is -0.149. The Labute approximate surface area is 182 Å². The Morgan fingerprint density at radius 1 is 1.19 bits per heavy atom. The summed E-state index contributed by atoms with van der Waals surface area (Å²) in [5, 5.41) is 0. The van der Waals surface area contributed by atoms with E-state index in [0.29, 0.717) is 24.0 Å². The molecule has 2 heterocycles. The number of ether oxygens (including phenoxy) is 2. The minimum atomic E-state index is -0.862. The largest absolute Gasteiger partial charge is 0.457 e. The lowest BCUT2D eigenvalue weighted by Gasteiger charge is -2.27. The first-order valence-corrected chi connectivity index (χ1v) is 11.2. The smallest absolute Gasteiger partial charge is 0.317 e. The number of carbonyl (C=O) groups is 2. The number of nitrogens with zero attached hydrogens (tertiary/aromatic N) is 1. The van der Waals surface area contributed by atoms with Crippen LogP contribution in [0.3, 0.4) is 0 Å². The van der Waals surface area contributed by atoms with E-state index < -0.39 is 11.4 Å². The topological polar surface area (TPSA) is 57.5 Å². The van der Waals surface area contributed by atoms with E-state index in [1.165, 1.54) is 12.1 Å². The van der Waals surface area contributed by atoms with Gasteiger partial charge < -0.3 is 14.0 Å². The van der Waals surface area contributed by atoms with Crippen LogP contribution in [-0.4, -0.2) is 35.6 Å². The lowest BCUT2D eigenvalue weighted by atomic mass is 9.79. The van der Waals surface area contributed by atoms with Crippen LogP contribution in [0.15, 0.2) is 30.3 Å². The van der Waals surface area contributed by atoms with Crippen LogP contribution < -0.4 is 0 Å². The molecule has 0 bridgehead atoms. The van der Waals surface area contributed by atoms with Crippen molar-refractivity contribution in [3.05, 3.63) is 58.7 Å². The van der Waals surface area contributed by atoms with E-state index in [9.17, 15) is 14.0 Å². The number of carbonyl (C=O) groups excluding carboxylic acids is 2. The first kappa shape index (κ1) is 21.8. The minimum absolute atomic E-state index is 0.180. The standard InChI is InChI=1S/C25H30FNO4/c1-17-13-22(18(2)27(17)15-21-9-6-12-30-21)23(28)16-31-24(29)25(10-3-4-11-25)19-7-5-8-20(26)14-19/h5,7-8,13-14,21H,3-4,6,9-12,15-16H2,1-2H3. The first-order chi connectivity index (χ1) is 14.9. The molecule has 5 nitrogen and oxygen atoms in total. The van der Waals surface area contributed by atoms with Gasteiger partial charge in [-0.1, -0.05) is 25.0 Å². The van der Waals surface area contributed by atoms with Gasteiger partial charge in [0.15, 0.2) is 6.61 Å². The van der Waals surface area contributed by atoms with Crippen molar-refractivity contribution in [1.29, 1.82) is 0 Å². The van der Waals surface area contributed by atoms with Gasteiger partial charge in [0.25, 0.3) is 0 Å². The van der Waals surface area contributed by atoms with Crippen LogP contribution in [0.2, 0.25) is 0 Å². The minimum Gasteiger partial charge on any atom is -0.457 e. The molecule has 0 amide bonds. The van der Waals surface area contributed by atoms with Gasteiger partial charge in [0.05, 0.1) is 11.5 Å². The van der Waals surface area contributed by atoms with Crippen LogP contribution >= 0.6 is 0 Å². The predicted molar refractivity (Wildman–Crippen MR) is 115 cm³/mol. The van der Waals surface area contributed by atoms with E-state index in [1.807, 2.05) is 19.9 Å². The molecule has 31 heavy (non-hydrogen) atoms. The van der Waals surface area contributed by atoms with Crippen LogP contribution in [0.4, 0.5) is 4.39 Å². The summed E-state index contributed by atoms with van der Waals surface area (Å²) in [6.45, 7) is 5.11. The number of rotatable bonds is 7. The van der Waals surface area contributed by atoms with Crippen molar-refractivity contribution in [1.82, 2.24) is 4.57 Å². The van der Waals surface area contributed by atoms with Gasteiger partial charge in [-0.25, -0.2) is 4.39 Å². The van der Waals surface area contributed by atoms with Gasteiger partial charge in [-0.15, -0.1) is 0 Å². The number of hydrogen-bond acceptors (Lipinski definition) is 4. The zero-order valence-electron chi connectivity index (χ0n) is 18.3. The van der Waals surface area contributed by atoms with E-state index >= 15 is 0 Å². The fraction of sp³-hybridized carbons (Fsp3) is 0.520. The molecular formula is C25H30FNO4. The van der Waals surface area contributed by atoms with E-state index in [4.69, 9.17) is 9.47 Å². The molecule has 0 radical (unpaired) electrons. The van der Waals surface area contributed by atoms with E-state index in [-0.39, 0.29) is 24.3 Å². The first-order valence-electron chi connectivity index (χ1n) is 11.2. The molecule has 2 aliphatic rings. The van der Waals surface area contributed by atoms with Gasteiger partial charge in [0.2, 0.25) is 5.78 Å². The van der Waals surface area contributed by atoms with Crippen molar-refractivity contribution in [2.75, 3.05) is 13.2 Å². The van der Waals surface area contributed by atoms with Gasteiger partial charge >= 0.3 is 5.97 Å². The molecule has 1 unspecified atom stereocenters. The molecule has 1 saturated heterocycles. The van der Waals surface area contributed by atoms with Gasteiger partial charge in [-0.05, 0) is 63.3 Å². The summed E-state index contributed by atoms with van der Waals surface area (Å²) in [4.78, 5) is 26.0. The average molecular weight is 428 g/mol. The molecule has 0 spiro atoms. The molecule has 1 saturated carbocycles. The number of Topliss-reactive ketones (excluding diaryl/α,β-unsaturated/α-hetero) is 1. The van der Waals surface area contributed by atoms with Crippen molar-refractivity contribution in [3.8, 4) is 0 Å². The third-order valence-electron chi connectivity index (χ3n) is 6.84. The molecule has 1 aromatic heterocycles. The number of aryl methyl sites for hydroxylation is 1. The lowest BCUT2D eigenvalue weighted by Crippen LogP contribution is -2.36. The molecular weight excluding hydrogens is 397 g/mol. The molecule has 1 aliphatic carbocycles. The number of benzene rings is 1. The number of aromatic nitrogens is 1. The molecule has 1 atom stereocenters. The quantitative estimate of drug-likeness (QED) is 0.476. The summed E-state index contributed by atoms with van der Waals surface area (Å²) in [5.74, 6) is -1.02. The maximum Gasteiger partial charge on any atom is 0.317 e. The molecule has 1 aromatic carbocycles. The highest BCUT2D eigenvalue weighted by molar-refractivity contribution is 5.99. The summed E-state index contributed by atoms with van der Waals surface area (Å²) in [5.41, 5.74) is 2.22. The van der Waals surface area contributed by atoms with Gasteiger partial charge in [0.1, 0.15) is 5.82 Å². The Morgan fingerprint density at radius 2 is 1.97 bits per heavy atom. The zero-order chi connectivity index (χ0) is 22.0. The molecule has 1 aliphatic heterocycles. The van der Waals surface area contributed by atoms with Gasteiger partial charge in [-0.3, -0.25) is 9.59 Å². The number of hydrogen-bond donors (Lipinski definition) is 0. The van der Waals surface area contributed by atoms with Gasteiger partial charge in [0, 0.05) is 30.1 Å². The SMILES string of the molecule is Cc1cc(C(=O)COC(=O)C2(c3cccc(F)c3)CCCC2)c(C)n1CC1CCCO1. The maximum atomic E-state index is 13.8. The highest BCUT2D eigenvalue weighted by Crippen LogP contribution is 2.42. The molecule has 6 heteroatoms. The van der Waals surface area contributed by atoms with Crippen LogP contribution in [-0.2, 0) is 26.2 Å². The average Bonchev–Trinajstić information content (AvgIpc) is 3.50. The van der Waals surface area contributed by atoms with E-state index in [0.717, 1.165) is 50.2 Å². The van der Waals surface area contributed by atoms with Crippen molar-refractivity contribution >= 4 is 11.8 Å². The number of ketones is 1. The second kappa shape index (κ2) is 8.95. The summed E-state index contributed by atoms with van der Waals surface area (Å²) >= 11 is 0. The predicted octanol–water partition coefficient (Wildman–Crippen LogP) is 4.66. The van der Waals surface area contributed by atoms with Crippen LogP contribution in [0.1, 0.15) is 65.8 Å². The third kappa shape index (κ3) is 4.31. The monoisotopic (exact) mass is 427 g/mol. The Balaban J connectivity index is 1.46. The number of halogens is 1. The Hall–Kier alpha value is -2.47. The molecule has 2 aromatic rings. The molecule has 4 rings (SSSR count). The Bertz CT molecular complexity index is 968. The summed E-state index contributed by atoms with van der Waals surface area (Å²) in [7, 11) is 0. The van der Waals surface area contributed by atoms with Crippen molar-refractivity contribution < 1.29 is 23.5 Å². The fourth-order valence-corrected chi connectivity index (χ4v) is 5.08. The van der Waals surface area contributed by atoms with Crippen LogP contribution in [0.25, 0.3) is 0 Å². The number of esters is 1.